The lowest BCUT2D eigenvalue weighted by Crippen LogP contribution is -2.37. The smallest absolute Gasteiger partial charge is 0.239 e. The van der Waals surface area contributed by atoms with Crippen LogP contribution in [0.25, 0.3) is 16.9 Å². The van der Waals surface area contributed by atoms with Crippen molar-refractivity contribution < 1.29 is 9.59 Å². The topological polar surface area (TPSA) is 76.0 Å². The highest BCUT2D eigenvalue weighted by Gasteiger charge is 2.38. The van der Waals surface area contributed by atoms with E-state index >= 15 is 0 Å². The number of para-hydroxylation sites is 1. The second-order valence-corrected chi connectivity index (χ2v) is 7.46. The summed E-state index contributed by atoms with van der Waals surface area (Å²) in [6.07, 6.45) is 2.84. The number of hydrogen-bond donors (Lipinski definition) is 2. The molecule has 2 N–H and O–H groups in total. The molecular formula is C23H24N4O2. The fraction of sp³-hybridized carbons (Fsp3) is 0.261. The van der Waals surface area contributed by atoms with Gasteiger partial charge in [0.1, 0.15) is 0 Å². The summed E-state index contributed by atoms with van der Waals surface area (Å²) >= 11 is 0. The Balaban J connectivity index is 1.46. The molecule has 0 spiro atoms. The van der Waals surface area contributed by atoms with Crippen molar-refractivity contribution in [3.8, 4) is 16.9 Å². The summed E-state index contributed by atoms with van der Waals surface area (Å²) in [5.41, 5.74) is 3.68. The van der Waals surface area contributed by atoms with E-state index in [9.17, 15) is 9.59 Å². The highest BCUT2D eigenvalue weighted by molar-refractivity contribution is 5.87. The van der Waals surface area contributed by atoms with E-state index in [1.165, 1.54) is 0 Å². The molecule has 0 radical (unpaired) electrons. The van der Waals surface area contributed by atoms with E-state index < -0.39 is 0 Å². The first-order chi connectivity index (χ1) is 14.1. The Hall–Kier alpha value is -3.41. The van der Waals surface area contributed by atoms with Crippen LogP contribution in [-0.4, -0.2) is 28.1 Å². The minimum Gasteiger partial charge on any atom is -0.350 e. The van der Waals surface area contributed by atoms with E-state index in [0.717, 1.165) is 28.9 Å². The summed E-state index contributed by atoms with van der Waals surface area (Å²) in [5.74, 6) is 0.250. The maximum atomic E-state index is 12.2. The molecule has 1 fully saturated rings. The molecule has 0 saturated heterocycles. The standard InChI is InChI=1S/C23H24N4O2/c1-16-12-20(16)23(29)25-14-21(28)24-13-18-15-27(19-10-6-3-7-11-19)26-22(18)17-8-4-2-5-9-17/h2-11,15-16,20H,12-14H2,1H3,(H,24,28)(H,25,29). The number of nitrogens with zero attached hydrogens (tertiary/aromatic N) is 2. The normalized spacial score (nSPS) is 17.6. The molecule has 2 unspecified atom stereocenters. The van der Waals surface area contributed by atoms with Crippen LogP contribution in [0.4, 0.5) is 0 Å². The largest absolute Gasteiger partial charge is 0.350 e. The molecule has 29 heavy (non-hydrogen) atoms. The predicted octanol–water partition coefficient (Wildman–Crippen LogP) is 2.93. The second-order valence-electron chi connectivity index (χ2n) is 7.46. The molecule has 1 aliphatic carbocycles. The van der Waals surface area contributed by atoms with Gasteiger partial charge in [0.15, 0.2) is 0 Å². The molecule has 1 aromatic heterocycles. The Labute approximate surface area is 169 Å². The Morgan fingerprint density at radius 3 is 2.34 bits per heavy atom. The number of rotatable bonds is 7. The Kier molecular flexibility index (Phi) is 5.42. The van der Waals surface area contributed by atoms with E-state index in [2.05, 4.69) is 10.6 Å². The molecule has 4 rings (SSSR count). The van der Waals surface area contributed by atoms with Crippen LogP contribution in [0.15, 0.2) is 66.9 Å². The molecule has 2 aromatic carbocycles. The average molecular weight is 388 g/mol. The minimum atomic E-state index is -0.210. The maximum absolute atomic E-state index is 12.2. The molecule has 1 aliphatic rings. The monoisotopic (exact) mass is 388 g/mol. The third kappa shape index (κ3) is 4.54. The maximum Gasteiger partial charge on any atom is 0.239 e. The third-order valence-electron chi connectivity index (χ3n) is 5.20. The average Bonchev–Trinajstić information content (AvgIpc) is 3.34. The molecule has 0 bridgehead atoms. The fourth-order valence-electron chi connectivity index (χ4n) is 3.33. The number of nitrogens with one attached hydrogen (secondary N) is 2. The van der Waals surface area contributed by atoms with Gasteiger partial charge in [-0.3, -0.25) is 9.59 Å². The van der Waals surface area contributed by atoms with Gasteiger partial charge >= 0.3 is 0 Å². The molecule has 148 valence electrons. The summed E-state index contributed by atoms with van der Waals surface area (Å²) < 4.78 is 1.82. The second kappa shape index (κ2) is 8.31. The van der Waals surface area contributed by atoms with Crippen LogP contribution in [0.5, 0.6) is 0 Å². The molecular weight excluding hydrogens is 364 g/mol. The van der Waals surface area contributed by atoms with Crippen molar-refractivity contribution in [1.29, 1.82) is 0 Å². The van der Waals surface area contributed by atoms with E-state index in [1.807, 2.05) is 78.5 Å². The van der Waals surface area contributed by atoms with Crippen LogP contribution in [0, 0.1) is 11.8 Å². The van der Waals surface area contributed by atoms with Gasteiger partial charge in [-0.15, -0.1) is 0 Å². The van der Waals surface area contributed by atoms with Crippen molar-refractivity contribution in [2.24, 2.45) is 11.8 Å². The van der Waals surface area contributed by atoms with Crippen molar-refractivity contribution in [2.45, 2.75) is 19.9 Å². The van der Waals surface area contributed by atoms with Crippen LogP contribution in [0.1, 0.15) is 18.9 Å². The van der Waals surface area contributed by atoms with E-state index in [-0.39, 0.29) is 24.3 Å². The van der Waals surface area contributed by atoms with Crippen molar-refractivity contribution in [3.63, 3.8) is 0 Å². The molecule has 1 saturated carbocycles. The van der Waals surface area contributed by atoms with Crippen molar-refractivity contribution in [2.75, 3.05) is 6.54 Å². The minimum absolute atomic E-state index is 0.00442. The lowest BCUT2D eigenvalue weighted by molar-refractivity contribution is -0.127. The van der Waals surface area contributed by atoms with Gasteiger partial charge in [0, 0.05) is 29.8 Å². The predicted molar refractivity (Wildman–Crippen MR) is 111 cm³/mol. The van der Waals surface area contributed by atoms with Crippen LogP contribution < -0.4 is 10.6 Å². The van der Waals surface area contributed by atoms with Crippen molar-refractivity contribution in [1.82, 2.24) is 20.4 Å². The van der Waals surface area contributed by atoms with Crippen LogP contribution in [-0.2, 0) is 16.1 Å². The summed E-state index contributed by atoms with van der Waals surface area (Å²) in [6, 6.07) is 19.7. The van der Waals surface area contributed by atoms with Crippen LogP contribution in [0.2, 0.25) is 0 Å². The zero-order chi connectivity index (χ0) is 20.2. The van der Waals surface area contributed by atoms with Gasteiger partial charge in [0.2, 0.25) is 11.8 Å². The Morgan fingerprint density at radius 2 is 1.69 bits per heavy atom. The first-order valence-corrected chi connectivity index (χ1v) is 9.85. The molecule has 3 aromatic rings. The lowest BCUT2D eigenvalue weighted by atomic mass is 10.1. The van der Waals surface area contributed by atoms with Crippen molar-refractivity contribution in [3.05, 3.63) is 72.4 Å². The molecule has 1 heterocycles. The molecule has 6 nitrogen and oxygen atoms in total. The Morgan fingerprint density at radius 1 is 1.03 bits per heavy atom. The first-order valence-electron chi connectivity index (χ1n) is 9.85. The van der Waals surface area contributed by atoms with E-state index in [4.69, 9.17) is 5.10 Å². The zero-order valence-corrected chi connectivity index (χ0v) is 16.3. The Bertz CT molecular complexity index is 998. The number of carbonyl (C=O) groups is 2. The molecule has 0 aliphatic heterocycles. The zero-order valence-electron chi connectivity index (χ0n) is 16.3. The lowest BCUT2D eigenvalue weighted by Gasteiger charge is -2.07. The summed E-state index contributed by atoms with van der Waals surface area (Å²) in [4.78, 5) is 24.1. The van der Waals surface area contributed by atoms with Gasteiger partial charge in [-0.05, 0) is 24.5 Å². The highest BCUT2D eigenvalue weighted by Crippen LogP contribution is 2.37. The number of carbonyl (C=O) groups excluding carboxylic acids is 2. The summed E-state index contributed by atoms with van der Waals surface area (Å²) in [6.45, 7) is 2.38. The van der Waals surface area contributed by atoms with Gasteiger partial charge in [-0.2, -0.15) is 5.10 Å². The van der Waals surface area contributed by atoms with Gasteiger partial charge in [0.25, 0.3) is 0 Å². The van der Waals surface area contributed by atoms with Gasteiger partial charge < -0.3 is 10.6 Å². The third-order valence-corrected chi connectivity index (χ3v) is 5.20. The first kappa shape index (κ1) is 18.9. The molecule has 2 amide bonds. The SMILES string of the molecule is CC1CC1C(=O)NCC(=O)NCc1cn(-c2ccccc2)nc1-c1ccccc1. The quantitative estimate of drug-likeness (QED) is 0.653. The number of benzene rings is 2. The van der Waals surface area contributed by atoms with Crippen LogP contribution in [0.3, 0.4) is 0 Å². The fourth-order valence-corrected chi connectivity index (χ4v) is 3.33. The summed E-state index contributed by atoms with van der Waals surface area (Å²) in [5, 5.41) is 10.3. The highest BCUT2D eigenvalue weighted by atomic mass is 16.2. The van der Waals surface area contributed by atoms with Gasteiger partial charge in [-0.25, -0.2) is 4.68 Å². The van der Waals surface area contributed by atoms with Gasteiger partial charge in [0.05, 0.1) is 17.9 Å². The van der Waals surface area contributed by atoms with E-state index in [1.54, 1.807) is 0 Å². The van der Waals surface area contributed by atoms with Crippen molar-refractivity contribution >= 4 is 11.8 Å². The molecule has 2 atom stereocenters. The van der Waals surface area contributed by atoms with E-state index in [0.29, 0.717) is 12.5 Å². The van der Waals surface area contributed by atoms with Gasteiger partial charge in [-0.1, -0.05) is 55.5 Å². The number of amides is 2. The summed E-state index contributed by atoms with van der Waals surface area (Å²) in [7, 11) is 0. The molecule has 6 heteroatoms. The number of aromatic nitrogens is 2. The number of hydrogen-bond acceptors (Lipinski definition) is 3. The van der Waals surface area contributed by atoms with Crippen LogP contribution >= 0.6 is 0 Å².